The van der Waals surface area contributed by atoms with E-state index < -0.39 is 0 Å². The van der Waals surface area contributed by atoms with Crippen LogP contribution in [0.25, 0.3) is 0 Å². The summed E-state index contributed by atoms with van der Waals surface area (Å²) in [5.41, 5.74) is 0. The van der Waals surface area contributed by atoms with Crippen LogP contribution < -0.4 is 5.32 Å². The fraction of sp³-hybridized carbons (Fsp3) is 0.692. The van der Waals surface area contributed by atoms with Crippen molar-refractivity contribution in [1.82, 2.24) is 25.0 Å². The molecular formula is C13H20N6OS. The van der Waals surface area contributed by atoms with Crippen molar-refractivity contribution in [3.05, 3.63) is 16.7 Å². The van der Waals surface area contributed by atoms with E-state index in [1.807, 2.05) is 4.68 Å². The predicted octanol–water partition coefficient (Wildman–Crippen LogP) is 2.18. The summed E-state index contributed by atoms with van der Waals surface area (Å²) in [5, 5.41) is 18.3. The van der Waals surface area contributed by atoms with Crippen LogP contribution in [-0.2, 0) is 24.3 Å². The third-order valence-corrected chi connectivity index (χ3v) is 4.33. The van der Waals surface area contributed by atoms with E-state index in [4.69, 9.17) is 4.74 Å². The Hall–Kier alpha value is -1.54. The third kappa shape index (κ3) is 3.21. The molecule has 2 aromatic heterocycles. The highest BCUT2D eigenvalue weighted by molar-refractivity contribution is 7.15. The fourth-order valence-electron chi connectivity index (χ4n) is 2.50. The normalized spacial score (nSPS) is 17.7. The van der Waals surface area contributed by atoms with Gasteiger partial charge in [0.15, 0.2) is 5.82 Å². The Morgan fingerprint density at radius 1 is 1.43 bits per heavy atom. The van der Waals surface area contributed by atoms with Gasteiger partial charge >= 0.3 is 0 Å². The maximum absolute atomic E-state index is 5.11. The molecule has 0 fully saturated rings. The first kappa shape index (κ1) is 14.4. The molecule has 0 aliphatic carbocycles. The molecule has 21 heavy (non-hydrogen) atoms. The first-order valence-electron chi connectivity index (χ1n) is 7.31. The minimum atomic E-state index is 0.152. The van der Waals surface area contributed by atoms with Gasteiger partial charge in [-0.1, -0.05) is 18.3 Å². The van der Waals surface area contributed by atoms with Gasteiger partial charge in [-0.15, -0.1) is 10.2 Å². The first-order valence-corrected chi connectivity index (χ1v) is 8.13. The van der Waals surface area contributed by atoms with Gasteiger partial charge in [0, 0.05) is 20.1 Å². The van der Waals surface area contributed by atoms with Gasteiger partial charge in [0.2, 0.25) is 5.13 Å². The number of fused-ring (bicyclic) bond motifs is 1. The van der Waals surface area contributed by atoms with E-state index >= 15 is 0 Å². The zero-order valence-corrected chi connectivity index (χ0v) is 13.2. The molecular weight excluding hydrogens is 288 g/mol. The molecule has 0 radical (unpaired) electrons. The van der Waals surface area contributed by atoms with E-state index in [-0.39, 0.29) is 6.04 Å². The van der Waals surface area contributed by atoms with E-state index in [9.17, 15) is 0 Å². The summed E-state index contributed by atoms with van der Waals surface area (Å²) in [7, 11) is 1.66. The van der Waals surface area contributed by atoms with Crippen molar-refractivity contribution >= 4 is 16.5 Å². The van der Waals surface area contributed by atoms with Crippen LogP contribution in [0.4, 0.5) is 5.13 Å². The smallest absolute Gasteiger partial charge is 0.206 e. The number of aryl methyl sites for hydroxylation is 2. The Balaban J connectivity index is 1.74. The highest BCUT2D eigenvalue weighted by Crippen LogP contribution is 2.28. The monoisotopic (exact) mass is 308 g/mol. The van der Waals surface area contributed by atoms with Crippen molar-refractivity contribution in [3.63, 3.8) is 0 Å². The molecule has 8 heteroatoms. The molecule has 0 saturated heterocycles. The van der Waals surface area contributed by atoms with E-state index in [2.05, 4.69) is 32.5 Å². The molecule has 0 saturated carbocycles. The number of nitrogens with one attached hydrogen (secondary N) is 1. The van der Waals surface area contributed by atoms with Crippen molar-refractivity contribution in [2.24, 2.45) is 0 Å². The lowest BCUT2D eigenvalue weighted by Gasteiger charge is -2.22. The van der Waals surface area contributed by atoms with Gasteiger partial charge in [0.25, 0.3) is 0 Å². The maximum atomic E-state index is 5.11. The number of hydrogen-bond acceptors (Lipinski definition) is 7. The lowest BCUT2D eigenvalue weighted by Crippen LogP contribution is -2.22. The van der Waals surface area contributed by atoms with Crippen molar-refractivity contribution < 1.29 is 4.74 Å². The molecule has 2 aromatic rings. The van der Waals surface area contributed by atoms with Gasteiger partial charge in [-0.2, -0.15) is 5.10 Å². The number of ether oxygens (including phenoxy) is 1. The van der Waals surface area contributed by atoms with Crippen LogP contribution in [0.15, 0.2) is 0 Å². The Morgan fingerprint density at radius 3 is 3.14 bits per heavy atom. The van der Waals surface area contributed by atoms with Gasteiger partial charge in [-0.3, -0.25) is 0 Å². The zero-order valence-electron chi connectivity index (χ0n) is 12.4. The zero-order chi connectivity index (χ0) is 14.7. The van der Waals surface area contributed by atoms with Gasteiger partial charge in [-0.05, 0) is 19.3 Å². The largest absolute Gasteiger partial charge is 0.377 e. The summed E-state index contributed by atoms with van der Waals surface area (Å²) in [6.45, 7) is 3.52. The molecule has 3 heterocycles. The summed E-state index contributed by atoms with van der Waals surface area (Å²) in [5.74, 6) is 1.71. The van der Waals surface area contributed by atoms with Gasteiger partial charge < -0.3 is 10.1 Å². The minimum Gasteiger partial charge on any atom is -0.377 e. The Kier molecular flexibility index (Phi) is 4.45. The average molecular weight is 308 g/mol. The molecule has 0 aromatic carbocycles. The summed E-state index contributed by atoms with van der Waals surface area (Å²) in [6, 6.07) is 0.152. The number of hydrogen-bond donors (Lipinski definition) is 1. The maximum Gasteiger partial charge on any atom is 0.206 e. The quantitative estimate of drug-likeness (QED) is 0.881. The molecule has 1 atom stereocenters. The number of nitrogens with zero attached hydrogens (tertiary/aromatic N) is 5. The van der Waals surface area contributed by atoms with Crippen LogP contribution in [0.1, 0.15) is 48.9 Å². The van der Waals surface area contributed by atoms with Crippen molar-refractivity contribution in [2.45, 2.75) is 51.8 Å². The second kappa shape index (κ2) is 6.48. The third-order valence-electron chi connectivity index (χ3n) is 3.42. The van der Waals surface area contributed by atoms with E-state index in [0.717, 1.165) is 54.0 Å². The first-order chi connectivity index (χ1) is 10.3. The Morgan fingerprint density at radius 2 is 2.33 bits per heavy atom. The number of methoxy groups -OCH3 is 1. The highest BCUT2D eigenvalue weighted by Gasteiger charge is 2.25. The van der Waals surface area contributed by atoms with Gasteiger partial charge in [0.1, 0.15) is 17.4 Å². The summed E-state index contributed by atoms with van der Waals surface area (Å²) in [6.07, 6.45) is 4.19. The lowest BCUT2D eigenvalue weighted by atomic mass is 10.1. The second-order valence-electron chi connectivity index (χ2n) is 5.13. The van der Waals surface area contributed by atoms with Crippen LogP contribution in [-0.4, -0.2) is 32.1 Å². The molecule has 1 aliphatic rings. The Bertz CT molecular complexity index is 595. The number of anilines is 1. The van der Waals surface area contributed by atoms with E-state index in [1.54, 1.807) is 18.4 Å². The van der Waals surface area contributed by atoms with E-state index in [1.165, 1.54) is 0 Å². The summed E-state index contributed by atoms with van der Waals surface area (Å²) >= 11 is 1.63. The second-order valence-corrected chi connectivity index (χ2v) is 6.19. The molecule has 1 N–H and O–H groups in total. The lowest BCUT2D eigenvalue weighted by molar-refractivity contribution is 0.177. The summed E-state index contributed by atoms with van der Waals surface area (Å²) < 4.78 is 7.09. The number of aromatic nitrogens is 5. The van der Waals surface area contributed by atoms with Gasteiger partial charge in [-0.25, -0.2) is 9.67 Å². The van der Waals surface area contributed by atoms with Crippen LogP contribution >= 0.6 is 11.3 Å². The van der Waals surface area contributed by atoms with Crippen LogP contribution in [0.2, 0.25) is 0 Å². The minimum absolute atomic E-state index is 0.152. The Labute approximate surface area is 127 Å². The SMILES string of the molecule is CCCc1nnc(N[C@@H]2CCCn3nc(COC)nc32)s1. The summed E-state index contributed by atoms with van der Waals surface area (Å²) in [4.78, 5) is 4.58. The number of rotatable bonds is 6. The van der Waals surface area contributed by atoms with Crippen molar-refractivity contribution in [2.75, 3.05) is 12.4 Å². The van der Waals surface area contributed by atoms with Crippen molar-refractivity contribution in [1.29, 1.82) is 0 Å². The highest BCUT2D eigenvalue weighted by atomic mass is 32.1. The molecule has 3 rings (SSSR count). The van der Waals surface area contributed by atoms with E-state index in [0.29, 0.717) is 6.61 Å². The van der Waals surface area contributed by atoms with Crippen molar-refractivity contribution in [3.8, 4) is 0 Å². The topological polar surface area (TPSA) is 77.8 Å². The molecule has 1 aliphatic heterocycles. The predicted molar refractivity (Wildman–Crippen MR) is 80.2 cm³/mol. The van der Waals surface area contributed by atoms with Crippen LogP contribution in [0, 0.1) is 0 Å². The standard InChI is InChI=1S/C13H20N6OS/c1-3-5-11-16-17-13(21-11)14-9-6-4-7-19-12(9)15-10(18-19)8-20-2/h9H,3-8H2,1-2H3,(H,14,17)/t9-/m1/s1. The van der Waals surface area contributed by atoms with Gasteiger partial charge in [0.05, 0.1) is 6.04 Å². The van der Waals surface area contributed by atoms with Crippen LogP contribution in [0.3, 0.4) is 0 Å². The van der Waals surface area contributed by atoms with Crippen LogP contribution in [0.5, 0.6) is 0 Å². The molecule has 114 valence electrons. The molecule has 7 nitrogen and oxygen atoms in total. The fourth-order valence-corrected chi connectivity index (χ4v) is 3.40. The molecule has 0 bridgehead atoms. The molecule has 0 unspecified atom stereocenters. The molecule has 0 spiro atoms. The average Bonchev–Trinajstić information content (AvgIpc) is 3.07. The molecule has 0 amide bonds.